The summed E-state index contributed by atoms with van der Waals surface area (Å²) in [5.41, 5.74) is 0. The van der Waals surface area contributed by atoms with Gasteiger partial charge in [-0.3, -0.25) is 0 Å². The van der Waals surface area contributed by atoms with Gasteiger partial charge in [-0.25, -0.2) is 4.39 Å². The first-order chi connectivity index (χ1) is 6.26. The van der Waals surface area contributed by atoms with Gasteiger partial charge < -0.3 is 9.84 Å². The van der Waals surface area contributed by atoms with Gasteiger partial charge in [0.1, 0.15) is 17.7 Å². The molecule has 1 N–H and O–H groups in total. The number of rotatable bonds is 4. The molecule has 0 heterocycles. The molecule has 0 aliphatic carbocycles. The average molecular weight is 182 g/mol. The second-order valence-electron chi connectivity index (χ2n) is 2.53. The number of ether oxygens (including phenoxy) is 1. The van der Waals surface area contributed by atoms with E-state index in [0.29, 0.717) is 5.75 Å². The van der Waals surface area contributed by atoms with Gasteiger partial charge in [-0.15, -0.1) is 0 Å². The van der Waals surface area contributed by atoms with Crippen LogP contribution in [-0.4, -0.2) is 17.8 Å². The van der Waals surface area contributed by atoms with E-state index in [1.165, 1.54) is 18.2 Å². The molecule has 70 valence electrons. The van der Waals surface area contributed by atoms with Gasteiger partial charge in [0.05, 0.1) is 6.61 Å². The minimum absolute atomic E-state index is 0.167. The number of aliphatic hydroxyl groups excluding tert-OH is 1. The summed E-state index contributed by atoms with van der Waals surface area (Å²) >= 11 is 0. The molecule has 2 nitrogen and oxygen atoms in total. The van der Waals surface area contributed by atoms with Crippen molar-refractivity contribution in [1.82, 2.24) is 0 Å². The maximum atomic E-state index is 12.7. The van der Waals surface area contributed by atoms with E-state index >= 15 is 0 Å². The predicted octanol–water partition coefficient (Wildman–Crippen LogP) is 1.75. The average Bonchev–Trinajstić information content (AvgIpc) is 2.14. The monoisotopic (exact) mass is 182 g/mol. The molecule has 3 heteroatoms. The van der Waals surface area contributed by atoms with Gasteiger partial charge in [0.2, 0.25) is 0 Å². The van der Waals surface area contributed by atoms with E-state index in [1.807, 2.05) is 0 Å². The highest BCUT2D eigenvalue weighted by Crippen LogP contribution is 2.13. The van der Waals surface area contributed by atoms with Crippen LogP contribution in [0.25, 0.3) is 0 Å². The molecule has 0 saturated heterocycles. The molecule has 0 spiro atoms. The molecule has 13 heavy (non-hydrogen) atoms. The summed E-state index contributed by atoms with van der Waals surface area (Å²) in [7, 11) is 0. The molecule has 0 aromatic heterocycles. The first kappa shape index (κ1) is 9.74. The molecule has 0 bridgehead atoms. The van der Waals surface area contributed by atoms with Crippen LogP contribution in [0.4, 0.5) is 4.39 Å². The van der Waals surface area contributed by atoms with Crippen LogP contribution in [0.15, 0.2) is 36.9 Å². The van der Waals surface area contributed by atoms with Crippen LogP contribution in [0.2, 0.25) is 0 Å². The largest absolute Gasteiger partial charge is 0.484 e. The van der Waals surface area contributed by atoms with Crippen LogP contribution < -0.4 is 4.74 Å². The van der Waals surface area contributed by atoms with Crippen molar-refractivity contribution in [3.8, 4) is 5.75 Å². The lowest BCUT2D eigenvalue weighted by Gasteiger charge is -2.12. The van der Waals surface area contributed by atoms with Crippen molar-refractivity contribution in [2.24, 2.45) is 0 Å². The Morgan fingerprint density at radius 3 is 2.92 bits per heavy atom. The fourth-order valence-corrected chi connectivity index (χ4v) is 0.875. The van der Waals surface area contributed by atoms with Crippen molar-refractivity contribution in [2.45, 2.75) is 6.10 Å². The zero-order valence-electron chi connectivity index (χ0n) is 7.11. The second-order valence-corrected chi connectivity index (χ2v) is 2.53. The third kappa shape index (κ3) is 2.87. The van der Waals surface area contributed by atoms with Crippen molar-refractivity contribution in [1.29, 1.82) is 0 Å². The lowest BCUT2D eigenvalue weighted by molar-refractivity contribution is 0.149. The fraction of sp³-hybridized carbons (Fsp3) is 0.200. The first-order valence-corrected chi connectivity index (χ1v) is 3.92. The molecule has 0 saturated carbocycles. The summed E-state index contributed by atoms with van der Waals surface area (Å²) in [6, 6.07) is 5.75. The third-order valence-electron chi connectivity index (χ3n) is 1.53. The number of aliphatic hydroxyl groups is 1. The van der Waals surface area contributed by atoms with Gasteiger partial charge in [-0.05, 0) is 18.2 Å². The van der Waals surface area contributed by atoms with Gasteiger partial charge >= 0.3 is 0 Å². The van der Waals surface area contributed by atoms with Crippen molar-refractivity contribution in [3.05, 3.63) is 42.7 Å². The van der Waals surface area contributed by atoms with Gasteiger partial charge in [-0.1, -0.05) is 12.6 Å². The van der Waals surface area contributed by atoms with Crippen LogP contribution in [-0.2, 0) is 0 Å². The van der Waals surface area contributed by atoms with Gasteiger partial charge in [0.25, 0.3) is 0 Å². The molecule has 1 rings (SSSR count). The highest BCUT2D eigenvalue weighted by Gasteiger charge is 2.03. The van der Waals surface area contributed by atoms with E-state index < -0.39 is 6.10 Å². The summed E-state index contributed by atoms with van der Waals surface area (Å²) in [6.45, 7) is 3.31. The molecule has 1 aromatic rings. The van der Waals surface area contributed by atoms with Crippen LogP contribution in [0.3, 0.4) is 0 Å². The standard InChI is InChI=1S/C10H11FO2/c1-2-9(7-12)13-10-5-3-4-8(11)6-10/h2-6,9,12H,1,7H2. The maximum Gasteiger partial charge on any atom is 0.140 e. The van der Waals surface area contributed by atoms with E-state index in [2.05, 4.69) is 6.58 Å². The SMILES string of the molecule is C=CC(CO)Oc1cccc(F)c1. The normalized spacial score (nSPS) is 12.2. The Kier molecular flexibility index (Phi) is 3.46. The zero-order chi connectivity index (χ0) is 9.68. The second kappa shape index (κ2) is 4.62. The lowest BCUT2D eigenvalue weighted by atomic mass is 10.3. The van der Waals surface area contributed by atoms with Crippen molar-refractivity contribution in [2.75, 3.05) is 6.61 Å². The summed E-state index contributed by atoms with van der Waals surface area (Å²) in [4.78, 5) is 0. The Morgan fingerprint density at radius 1 is 1.62 bits per heavy atom. The molecular weight excluding hydrogens is 171 g/mol. The maximum absolute atomic E-state index is 12.7. The van der Waals surface area contributed by atoms with Gasteiger partial charge in [0.15, 0.2) is 0 Å². The van der Waals surface area contributed by atoms with E-state index in [-0.39, 0.29) is 12.4 Å². The molecule has 1 unspecified atom stereocenters. The smallest absolute Gasteiger partial charge is 0.140 e. The third-order valence-corrected chi connectivity index (χ3v) is 1.53. The van der Waals surface area contributed by atoms with E-state index in [0.717, 1.165) is 0 Å². The summed E-state index contributed by atoms with van der Waals surface area (Å²) in [5, 5.41) is 8.77. The highest BCUT2D eigenvalue weighted by atomic mass is 19.1. The molecule has 0 aliphatic rings. The van der Waals surface area contributed by atoms with Crippen molar-refractivity contribution < 1.29 is 14.2 Å². The Balaban J connectivity index is 2.67. The van der Waals surface area contributed by atoms with Crippen molar-refractivity contribution in [3.63, 3.8) is 0 Å². The molecule has 0 amide bonds. The van der Waals surface area contributed by atoms with E-state index in [4.69, 9.17) is 9.84 Å². The summed E-state index contributed by atoms with van der Waals surface area (Å²) in [5.74, 6) is 0.0252. The lowest BCUT2D eigenvalue weighted by Crippen LogP contribution is -2.17. The molecular formula is C10H11FO2. The Labute approximate surface area is 76.3 Å². The minimum atomic E-state index is -0.484. The van der Waals surface area contributed by atoms with Crippen LogP contribution in [0, 0.1) is 5.82 Å². The molecule has 1 atom stereocenters. The molecule has 0 fully saturated rings. The topological polar surface area (TPSA) is 29.5 Å². The first-order valence-electron chi connectivity index (χ1n) is 3.92. The van der Waals surface area contributed by atoms with E-state index in [1.54, 1.807) is 12.1 Å². The predicted molar refractivity (Wildman–Crippen MR) is 48.1 cm³/mol. The Bertz CT molecular complexity index is 286. The molecule has 0 aliphatic heterocycles. The zero-order valence-corrected chi connectivity index (χ0v) is 7.11. The molecule has 0 radical (unpaired) electrons. The summed E-state index contributed by atoms with van der Waals surface area (Å²) < 4.78 is 17.8. The van der Waals surface area contributed by atoms with Crippen LogP contribution in [0.5, 0.6) is 5.75 Å². The minimum Gasteiger partial charge on any atom is -0.484 e. The molecule has 1 aromatic carbocycles. The van der Waals surface area contributed by atoms with Gasteiger partial charge in [-0.2, -0.15) is 0 Å². The van der Waals surface area contributed by atoms with Crippen molar-refractivity contribution >= 4 is 0 Å². The highest BCUT2D eigenvalue weighted by molar-refractivity contribution is 5.23. The number of benzene rings is 1. The fourth-order valence-electron chi connectivity index (χ4n) is 0.875. The number of hydrogen-bond donors (Lipinski definition) is 1. The quantitative estimate of drug-likeness (QED) is 0.719. The van der Waals surface area contributed by atoms with Crippen LogP contribution in [0.1, 0.15) is 0 Å². The number of hydrogen-bond acceptors (Lipinski definition) is 2. The summed E-state index contributed by atoms with van der Waals surface area (Å²) in [6.07, 6.45) is 0.979. The Hall–Kier alpha value is -1.35. The Morgan fingerprint density at radius 2 is 2.38 bits per heavy atom. The van der Waals surface area contributed by atoms with Gasteiger partial charge in [0, 0.05) is 6.07 Å². The van der Waals surface area contributed by atoms with E-state index in [9.17, 15) is 4.39 Å². The van der Waals surface area contributed by atoms with Crippen LogP contribution >= 0.6 is 0 Å². The number of halogens is 1.